The number of nitrogens with zero attached hydrogens (tertiary/aromatic N) is 2. The van der Waals surface area contributed by atoms with Crippen molar-refractivity contribution >= 4 is 60.4 Å². The third-order valence-electron chi connectivity index (χ3n) is 10.3. The van der Waals surface area contributed by atoms with E-state index in [1.54, 1.807) is 0 Å². The van der Waals surface area contributed by atoms with E-state index in [0.717, 1.165) is 28.3 Å². The summed E-state index contributed by atoms with van der Waals surface area (Å²) in [7, 11) is 0. The molecule has 0 bridgehead atoms. The van der Waals surface area contributed by atoms with Crippen LogP contribution in [0.5, 0.6) is 0 Å². The molecule has 0 unspecified atom stereocenters. The SMILES string of the molecule is c1ccc(-c2ccccc2N(c2ccc3ccccc3c2)c2ccc3c4ccccc4n(-c4cc5ccccc5cc4-c4ccccc4)c3c2)cc1. The average Bonchev–Trinajstić information content (AvgIpc) is 3.55. The van der Waals surface area contributed by atoms with Crippen LogP contribution in [0.3, 0.4) is 0 Å². The number of hydrogen-bond donors (Lipinski definition) is 0. The largest absolute Gasteiger partial charge is 0.310 e. The molecule has 1 heterocycles. The van der Waals surface area contributed by atoms with Crippen LogP contribution in [0.15, 0.2) is 206 Å². The van der Waals surface area contributed by atoms with Crippen LogP contribution in [-0.2, 0) is 0 Å². The number of para-hydroxylation sites is 2. The Kier molecular flexibility index (Phi) is 7.18. The van der Waals surface area contributed by atoms with Gasteiger partial charge in [-0.1, -0.05) is 158 Å². The summed E-state index contributed by atoms with van der Waals surface area (Å²) in [6.07, 6.45) is 0. The van der Waals surface area contributed by atoms with Crippen LogP contribution in [0.2, 0.25) is 0 Å². The molecule has 0 atom stereocenters. The summed E-state index contributed by atoms with van der Waals surface area (Å²) in [5.74, 6) is 0. The van der Waals surface area contributed by atoms with Crippen molar-refractivity contribution in [3.05, 3.63) is 206 Å². The zero-order valence-corrected chi connectivity index (χ0v) is 28.5. The van der Waals surface area contributed by atoms with Crippen LogP contribution in [0, 0.1) is 0 Å². The minimum absolute atomic E-state index is 1.09. The monoisotopic (exact) mass is 662 g/mol. The Hall–Kier alpha value is -6.90. The van der Waals surface area contributed by atoms with Crippen molar-refractivity contribution in [2.24, 2.45) is 0 Å². The van der Waals surface area contributed by atoms with Gasteiger partial charge < -0.3 is 9.47 Å². The van der Waals surface area contributed by atoms with Crippen LogP contribution < -0.4 is 4.90 Å². The van der Waals surface area contributed by atoms with Crippen molar-refractivity contribution in [2.45, 2.75) is 0 Å². The van der Waals surface area contributed by atoms with Crippen molar-refractivity contribution in [1.82, 2.24) is 4.57 Å². The Morgan fingerprint density at radius 2 is 0.865 bits per heavy atom. The molecule has 0 saturated carbocycles. The Morgan fingerprint density at radius 3 is 1.63 bits per heavy atom. The lowest BCUT2D eigenvalue weighted by molar-refractivity contribution is 1.18. The molecule has 10 rings (SSSR count). The molecule has 2 nitrogen and oxygen atoms in total. The summed E-state index contributed by atoms with van der Waals surface area (Å²) < 4.78 is 2.48. The molecule has 0 aliphatic rings. The fourth-order valence-electron chi connectivity index (χ4n) is 7.89. The molecule has 1 aromatic heterocycles. The molecule has 0 spiro atoms. The van der Waals surface area contributed by atoms with Gasteiger partial charge in [0.1, 0.15) is 0 Å². The minimum Gasteiger partial charge on any atom is -0.310 e. The van der Waals surface area contributed by atoms with Gasteiger partial charge in [-0.05, 0) is 81.2 Å². The molecule has 0 saturated heterocycles. The molecule has 52 heavy (non-hydrogen) atoms. The van der Waals surface area contributed by atoms with Gasteiger partial charge in [-0.2, -0.15) is 0 Å². The van der Waals surface area contributed by atoms with E-state index in [1.165, 1.54) is 60.1 Å². The first-order valence-electron chi connectivity index (χ1n) is 17.9. The number of hydrogen-bond acceptors (Lipinski definition) is 1. The van der Waals surface area contributed by atoms with Crippen molar-refractivity contribution in [1.29, 1.82) is 0 Å². The highest BCUT2D eigenvalue weighted by Gasteiger charge is 2.21. The first-order valence-corrected chi connectivity index (χ1v) is 17.9. The molecular weight excluding hydrogens is 629 g/mol. The number of anilines is 3. The molecule has 9 aromatic carbocycles. The van der Waals surface area contributed by atoms with Crippen LogP contribution in [0.1, 0.15) is 0 Å². The number of fused-ring (bicyclic) bond motifs is 5. The summed E-state index contributed by atoms with van der Waals surface area (Å²) >= 11 is 0. The van der Waals surface area contributed by atoms with Gasteiger partial charge >= 0.3 is 0 Å². The summed E-state index contributed by atoms with van der Waals surface area (Å²) in [6.45, 7) is 0. The van der Waals surface area contributed by atoms with E-state index < -0.39 is 0 Å². The van der Waals surface area contributed by atoms with Crippen molar-refractivity contribution in [2.75, 3.05) is 4.90 Å². The van der Waals surface area contributed by atoms with E-state index in [4.69, 9.17) is 0 Å². The Balaban J connectivity index is 1.28. The summed E-state index contributed by atoms with van der Waals surface area (Å²) in [6, 6.07) is 74.8. The van der Waals surface area contributed by atoms with E-state index in [1.807, 2.05) is 0 Å². The third-order valence-corrected chi connectivity index (χ3v) is 10.3. The molecule has 2 heteroatoms. The molecule has 0 amide bonds. The standard InChI is InChI=1S/C50H34N2/c1-3-16-36(17-4-1)43-23-11-13-25-47(43)51(41-28-27-35-15-7-8-20-38(35)31-41)42-29-30-45-44-24-12-14-26-48(44)52(50(45)34-42)49-33-40-22-10-9-21-39(40)32-46(49)37-18-5-2-6-19-37/h1-34H. The van der Waals surface area contributed by atoms with E-state index >= 15 is 0 Å². The maximum Gasteiger partial charge on any atom is 0.0562 e. The molecular formula is C50H34N2. The lowest BCUT2D eigenvalue weighted by Gasteiger charge is -2.28. The lowest BCUT2D eigenvalue weighted by atomic mass is 9.98. The van der Waals surface area contributed by atoms with Gasteiger partial charge in [-0.3, -0.25) is 0 Å². The van der Waals surface area contributed by atoms with Crippen molar-refractivity contribution in [3.8, 4) is 27.9 Å². The normalized spacial score (nSPS) is 11.5. The predicted molar refractivity (Wildman–Crippen MR) is 221 cm³/mol. The van der Waals surface area contributed by atoms with Crippen LogP contribution in [-0.4, -0.2) is 4.57 Å². The van der Waals surface area contributed by atoms with Crippen molar-refractivity contribution < 1.29 is 0 Å². The molecule has 244 valence electrons. The van der Waals surface area contributed by atoms with E-state index in [-0.39, 0.29) is 0 Å². The van der Waals surface area contributed by atoms with Gasteiger partial charge in [-0.25, -0.2) is 0 Å². The lowest BCUT2D eigenvalue weighted by Crippen LogP contribution is -2.11. The molecule has 0 N–H and O–H groups in total. The van der Waals surface area contributed by atoms with Crippen molar-refractivity contribution in [3.63, 3.8) is 0 Å². The van der Waals surface area contributed by atoms with Gasteiger partial charge in [-0.15, -0.1) is 0 Å². The van der Waals surface area contributed by atoms with Gasteiger partial charge in [0, 0.05) is 33.3 Å². The molecule has 0 fully saturated rings. The van der Waals surface area contributed by atoms with Gasteiger partial charge in [0.25, 0.3) is 0 Å². The van der Waals surface area contributed by atoms with E-state index in [9.17, 15) is 0 Å². The third kappa shape index (κ3) is 5.04. The van der Waals surface area contributed by atoms with Gasteiger partial charge in [0.15, 0.2) is 0 Å². The minimum atomic E-state index is 1.09. The second-order valence-corrected chi connectivity index (χ2v) is 13.4. The highest BCUT2D eigenvalue weighted by molar-refractivity contribution is 6.11. The van der Waals surface area contributed by atoms with Crippen LogP contribution in [0.25, 0.3) is 71.3 Å². The highest BCUT2D eigenvalue weighted by atomic mass is 15.1. The number of aromatic nitrogens is 1. The summed E-state index contributed by atoms with van der Waals surface area (Å²) in [5, 5.41) is 7.34. The van der Waals surface area contributed by atoms with E-state index in [2.05, 4.69) is 216 Å². The first-order chi connectivity index (χ1) is 25.8. The second-order valence-electron chi connectivity index (χ2n) is 13.4. The first kappa shape index (κ1) is 30.0. The highest BCUT2D eigenvalue weighted by Crippen LogP contribution is 2.44. The average molecular weight is 663 g/mol. The fraction of sp³-hybridized carbons (Fsp3) is 0. The maximum atomic E-state index is 2.48. The molecule has 0 aliphatic carbocycles. The predicted octanol–water partition coefficient (Wildman–Crippen LogP) is 13.9. The molecule has 10 aromatic rings. The summed E-state index contributed by atoms with van der Waals surface area (Å²) in [5.41, 5.74) is 11.6. The molecule has 0 aliphatic heterocycles. The van der Waals surface area contributed by atoms with Crippen LogP contribution in [0.4, 0.5) is 17.1 Å². The topological polar surface area (TPSA) is 8.17 Å². The second kappa shape index (κ2) is 12.5. The van der Waals surface area contributed by atoms with Crippen LogP contribution >= 0.6 is 0 Å². The number of rotatable bonds is 6. The maximum absolute atomic E-state index is 2.48. The zero-order chi connectivity index (χ0) is 34.4. The molecule has 0 radical (unpaired) electrons. The quantitative estimate of drug-likeness (QED) is 0.172. The van der Waals surface area contributed by atoms with Gasteiger partial charge in [0.2, 0.25) is 0 Å². The number of benzene rings is 9. The Bertz CT molecular complexity index is 2900. The Labute approximate surface area is 303 Å². The summed E-state index contributed by atoms with van der Waals surface area (Å²) in [4.78, 5) is 2.43. The van der Waals surface area contributed by atoms with Gasteiger partial charge in [0.05, 0.1) is 22.4 Å². The fourth-order valence-corrected chi connectivity index (χ4v) is 7.89. The zero-order valence-electron chi connectivity index (χ0n) is 28.5. The Morgan fingerprint density at radius 1 is 0.327 bits per heavy atom. The van der Waals surface area contributed by atoms with E-state index in [0.29, 0.717) is 0 Å². The smallest absolute Gasteiger partial charge is 0.0562 e.